The van der Waals surface area contributed by atoms with Gasteiger partial charge in [-0.1, -0.05) is 0 Å². The van der Waals surface area contributed by atoms with Gasteiger partial charge in [-0.15, -0.1) is 0 Å². The maximum absolute atomic E-state index is 11.6. The molecular weight excluding hydrogens is 252 g/mol. The van der Waals surface area contributed by atoms with Gasteiger partial charge < -0.3 is 9.15 Å². The molecule has 0 aromatic carbocycles. The first-order valence-electron chi connectivity index (χ1n) is 5.52. The first-order valence-corrected chi connectivity index (χ1v) is 5.52. The number of carbonyl (C=O) groups excluding carboxylic acids is 1. The van der Waals surface area contributed by atoms with E-state index in [0.717, 1.165) is 0 Å². The van der Waals surface area contributed by atoms with Gasteiger partial charge in [0.2, 0.25) is 5.88 Å². The highest BCUT2D eigenvalue weighted by Gasteiger charge is 2.08. The lowest BCUT2D eigenvalue weighted by atomic mass is 10.4. The predicted octanol–water partition coefficient (Wildman–Crippen LogP) is 0.490. The first kappa shape index (κ1) is 12.9. The fourth-order valence-electron chi connectivity index (χ4n) is 1.48. The molecule has 0 saturated heterocycles. The topological polar surface area (TPSA) is 94.3 Å². The Morgan fingerprint density at radius 1 is 1.42 bits per heavy atom. The number of nitrogens with zero attached hydrogens (tertiary/aromatic N) is 1. The van der Waals surface area contributed by atoms with E-state index in [-0.39, 0.29) is 12.5 Å². The summed E-state index contributed by atoms with van der Waals surface area (Å²) in [6, 6.07) is 3.14. The van der Waals surface area contributed by atoms with Crippen LogP contribution in [-0.4, -0.2) is 15.5 Å². The molecule has 0 aliphatic heterocycles. The molecule has 2 heterocycles. The van der Waals surface area contributed by atoms with Gasteiger partial charge in [-0.3, -0.25) is 14.6 Å². The molecule has 0 fully saturated rings. The molecule has 0 saturated carbocycles. The van der Waals surface area contributed by atoms with Crippen molar-refractivity contribution >= 4 is 5.97 Å². The van der Waals surface area contributed by atoms with Crippen LogP contribution in [0.15, 0.2) is 32.3 Å². The Hall–Kier alpha value is -2.57. The number of furan rings is 1. The second kappa shape index (κ2) is 4.97. The monoisotopic (exact) mass is 264 g/mol. The average Bonchev–Trinajstić information content (AvgIpc) is 2.80. The summed E-state index contributed by atoms with van der Waals surface area (Å²) in [6.45, 7) is 2.86. The molecule has 0 aliphatic carbocycles. The molecule has 0 spiro atoms. The summed E-state index contributed by atoms with van der Waals surface area (Å²) in [4.78, 5) is 35.7. The number of ether oxygens (including phenoxy) is 1. The zero-order valence-electron chi connectivity index (χ0n) is 10.4. The molecule has 7 nitrogen and oxygen atoms in total. The van der Waals surface area contributed by atoms with Gasteiger partial charge in [0, 0.05) is 24.8 Å². The van der Waals surface area contributed by atoms with E-state index in [1.807, 2.05) is 0 Å². The predicted molar refractivity (Wildman–Crippen MR) is 65.1 cm³/mol. The number of rotatable bonds is 3. The van der Waals surface area contributed by atoms with Crippen molar-refractivity contribution in [3.05, 3.63) is 50.5 Å². The molecule has 1 N–H and O–H groups in total. The van der Waals surface area contributed by atoms with Crippen LogP contribution in [0.4, 0.5) is 0 Å². The molecule has 7 heteroatoms. The number of aromatic amines is 1. The highest BCUT2D eigenvalue weighted by molar-refractivity contribution is 5.65. The number of esters is 1. The van der Waals surface area contributed by atoms with Gasteiger partial charge in [0.25, 0.3) is 5.56 Å². The Bertz CT molecular complexity index is 722. The van der Waals surface area contributed by atoms with Gasteiger partial charge in [0.05, 0.1) is 0 Å². The Balaban J connectivity index is 2.33. The molecule has 0 radical (unpaired) electrons. The van der Waals surface area contributed by atoms with Gasteiger partial charge in [-0.25, -0.2) is 9.36 Å². The number of H-pyrrole nitrogens is 1. The Labute approximate surface area is 107 Å². The van der Waals surface area contributed by atoms with Crippen molar-refractivity contribution in [1.82, 2.24) is 9.55 Å². The molecule has 0 amide bonds. The van der Waals surface area contributed by atoms with E-state index in [2.05, 4.69) is 4.98 Å². The molecule has 2 rings (SSSR count). The van der Waals surface area contributed by atoms with Crippen molar-refractivity contribution in [2.75, 3.05) is 0 Å². The van der Waals surface area contributed by atoms with Crippen molar-refractivity contribution in [2.45, 2.75) is 20.5 Å². The van der Waals surface area contributed by atoms with Gasteiger partial charge >= 0.3 is 11.7 Å². The average molecular weight is 264 g/mol. The lowest BCUT2D eigenvalue weighted by Gasteiger charge is -2.02. The first-order chi connectivity index (χ1) is 8.97. The van der Waals surface area contributed by atoms with Crippen LogP contribution in [0.5, 0.6) is 0 Å². The fraction of sp³-hybridized carbons (Fsp3) is 0.250. The van der Waals surface area contributed by atoms with E-state index in [9.17, 15) is 14.4 Å². The van der Waals surface area contributed by atoms with Gasteiger partial charge in [0.1, 0.15) is 12.4 Å². The minimum absolute atomic E-state index is 0.00752. The second-order valence-corrected chi connectivity index (χ2v) is 3.96. The Morgan fingerprint density at radius 2 is 2.16 bits per heavy atom. The number of aryl methyl sites for hydroxylation is 1. The molecule has 2 aromatic rings. The minimum Gasteiger partial charge on any atom is -0.458 e. The third kappa shape index (κ3) is 2.82. The summed E-state index contributed by atoms with van der Waals surface area (Å²) in [5, 5.41) is 0. The SMILES string of the molecule is CC(=O)OCc1ccc(-n2cc(C)c(=O)[nH]c2=O)o1. The fourth-order valence-corrected chi connectivity index (χ4v) is 1.48. The number of hydrogen-bond acceptors (Lipinski definition) is 5. The number of hydrogen-bond donors (Lipinski definition) is 1. The van der Waals surface area contributed by atoms with E-state index in [4.69, 9.17) is 9.15 Å². The third-order valence-electron chi connectivity index (χ3n) is 2.42. The molecule has 0 unspecified atom stereocenters. The van der Waals surface area contributed by atoms with E-state index in [0.29, 0.717) is 11.3 Å². The number of nitrogens with one attached hydrogen (secondary N) is 1. The quantitative estimate of drug-likeness (QED) is 0.814. The van der Waals surface area contributed by atoms with Crippen molar-refractivity contribution < 1.29 is 13.9 Å². The van der Waals surface area contributed by atoms with Crippen molar-refractivity contribution in [1.29, 1.82) is 0 Å². The largest absolute Gasteiger partial charge is 0.458 e. The van der Waals surface area contributed by atoms with Crippen molar-refractivity contribution in [3.63, 3.8) is 0 Å². The number of carbonyl (C=O) groups is 1. The molecule has 19 heavy (non-hydrogen) atoms. The zero-order chi connectivity index (χ0) is 14.0. The summed E-state index contributed by atoms with van der Waals surface area (Å²) < 4.78 is 11.3. The molecule has 0 atom stereocenters. The molecule has 2 aromatic heterocycles. The van der Waals surface area contributed by atoms with E-state index >= 15 is 0 Å². The lowest BCUT2D eigenvalue weighted by molar-refractivity contribution is -0.142. The zero-order valence-corrected chi connectivity index (χ0v) is 10.4. The van der Waals surface area contributed by atoms with Crippen LogP contribution in [0.1, 0.15) is 18.2 Å². The summed E-state index contributed by atoms with van der Waals surface area (Å²) in [5.41, 5.74) is -0.644. The normalized spacial score (nSPS) is 10.4. The summed E-state index contributed by atoms with van der Waals surface area (Å²) >= 11 is 0. The van der Waals surface area contributed by atoms with Crippen molar-refractivity contribution in [3.8, 4) is 5.88 Å². The Morgan fingerprint density at radius 3 is 2.84 bits per heavy atom. The number of aromatic nitrogens is 2. The van der Waals surface area contributed by atoms with E-state index < -0.39 is 17.2 Å². The standard InChI is InChI=1S/C12H12N2O5/c1-7-5-14(12(17)13-11(7)16)10-4-3-9(19-10)6-18-8(2)15/h3-5H,6H2,1-2H3,(H,13,16,17). The molecule has 100 valence electrons. The molecule has 0 bridgehead atoms. The van der Waals surface area contributed by atoms with Crippen molar-refractivity contribution in [2.24, 2.45) is 0 Å². The van der Waals surface area contributed by atoms with Gasteiger partial charge in [-0.05, 0) is 13.0 Å². The van der Waals surface area contributed by atoms with E-state index in [1.165, 1.54) is 17.7 Å². The summed E-state index contributed by atoms with van der Waals surface area (Å²) in [5.74, 6) is 0.224. The highest BCUT2D eigenvalue weighted by Crippen LogP contribution is 2.12. The van der Waals surface area contributed by atoms with Crippen LogP contribution in [0.2, 0.25) is 0 Å². The summed E-state index contributed by atoms with van der Waals surface area (Å²) in [6.07, 6.45) is 1.38. The summed E-state index contributed by atoms with van der Waals surface area (Å²) in [7, 11) is 0. The van der Waals surface area contributed by atoms with Crippen LogP contribution in [0.25, 0.3) is 5.88 Å². The van der Waals surface area contributed by atoms with Crippen LogP contribution >= 0.6 is 0 Å². The second-order valence-electron chi connectivity index (χ2n) is 3.96. The van der Waals surface area contributed by atoms with Gasteiger partial charge in [-0.2, -0.15) is 0 Å². The Kier molecular flexibility index (Phi) is 3.37. The van der Waals surface area contributed by atoms with Gasteiger partial charge in [0.15, 0.2) is 0 Å². The minimum atomic E-state index is -0.594. The van der Waals surface area contributed by atoms with Crippen LogP contribution < -0.4 is 11.2 Å². The van der Waals surface area contributed by atoms with Crippen LogP contribution in [0.3, 0.4) is 0 Å². The van der Waals surface area contributed by atoms with Crippen LogP contribution in [-0.2, 0) is 16.1 Å². The molecular formula is C12H12N2O5. The molecule has 0 aliphatic rings. The van der Waals surface area contributed by atoms with E-state index in [1.54, 1.807) is 19.1 Å². The smallest absolute Gasteiger partial charge is 0.335 e. The lowest BCUT2D eigenvalue weighted by Crippen LogP contribution is -2.29. The maximum atomic E-state index is 11.6. The van der Waals surface area contributed by atoms with Crippen LogP contribution in [0, 0.1) is 6.92 Å². The maximum Gasteiger partial charge on any atom is 0.335 e. The highest BCUT2D eigenvalue weighted by atomic mass is 16.5. The third-order valence-corrected chi connectivity index (χ3v) is 2.42.